The second-order valence-corrected chi connectivity index (χ2v) is 7.82. The van der Waals surface area contributed by atoms with E-state index < -0.39 is 23.3 Å². The summed E-state index contributed by atoms with van der Waals surface area (Å²) in [6.07, 6.45) is -4.39. The smallest absolute Gasteiger partial charge is 0.416 e. The molecule has 0 aliphatic carbocycles. The zero-order valence-electron chi connectivity index (χ0n) is 15.9. The van der Waals surface area contributed by atoms with E-state index in [2.05, 4.69) is 10.2 Å². The second kappa shape index (κ2) is 8.31. The highest BCUT2D eigenvalue weighted by atomic mass is 32.1. The molecule has 6 nitrogen and oxygen atoms in total. The fourth-order valence-electron chi connectivity index (χ4n) is 2.32. The van der Waals surface area contributed by atoms with Gasteiger partial charge >= 0.3 is 12.1 Å². The molecule has 0 atom stereocenters. The summed E-state index contributed by atoms with van der Waals surface area (Å²) >= 11 is 1.21. The lowest BCUT2D eigenvalue weighted by Crippen LogP contribution is -2.37. The average molecular weight is 438 g/mol. The van der Waals surface area contributed by atoms with E-state index >= 15 is 0 Å². The molecule has 1 aromatic heterocycles. The number of nitrogens with zero attached hydrogens (tertiary/aromatic N) is 2. The topological polar surface area (TPSA) is 81.5 Å². The number of benzene rings is 2. The van der Waals surface area contributed by atoms with E-state index in [0.717, 1.165) is 12.1 Å². The molecule has 0 fully saturated rings. The summed E-state index contributed by atoms with van der Waals surface area (Å²) in [7, 11) is 0. The Morgan fingerprint density at radius 3 is 2.17 bits per heavy atom. The fraction of sp³-hybridized carbons (Fsp3) is 0.250. The van der Waals surface area contributed by atoms with E-state index in [1.165, 1.54) is 37.3 Å². The number of hydrogen-bond donors (Lipinski definition) is 1. The minimum Gasteiger partial charge on any atom is -0.486 e. The Balaban J connectivity index is 1.60. The number of rotatable bonds is 7. The van der Waals surface area contributed by atoms with E-state index in [-0.39, 0.29) is 6.61 Å². The van der Waals surface area contributed by atoms with Crippen LogP contribution >= 0.6 is 11.3 Å². The van der Waals surface area contributed by atoms with Crippen molar-refractivity contribution in [3.05, 3.63) is 59.1 Å². The van der Waals surface area contributed by atoms with E-state index in [1.807, 2.05) is 0 Å². The first-order valence-corrected chi connectivity index (χ1v) is 9.51. The third-order valence-corrected chi connectivity index (χ3v) is 4.95. The van der Waals surface area contributed by atoms with Crippen LogP contribution in [0.1, 0.15) is 24.4 Å². The predicted octanol–water partition coefficient (Wildman–Crippen LogP) is 5.04. The molecule has 0 bridgehead atoms. The molecule has 158 valence electrons. The number of aromatic nitrogens is 2. The van der Waals surface area contributed by atoms with Crippen LogP contribution in [0.4, 0.5) is 13.2 Å². The van der Waals surface area contributed by atoms with Crippen LogP contribution in [0.3, 0.4) is 0 Å². The van der Waals surface area contributed by atoms with Crippen molar-refractivity contribution in [3.63, 3.8) is 0 Å². The molecule has 0 saturated carbocycles. The van der Waals surface area contributed by atoms with Gasteiger partial charge < -0.3 is 14.6 Å². The highest BCUT2D eigenvalue weighted by Gasteiger charge is 2.30. The Bertz CT molecular complexity index is 1020. The first kappa shape index (κ1) is 21.6. The standard InChI is InChI=1S/C20H17F3N2O4S/c1-19(2,18(26)27)29-15-9-7-14(8-10-15)28-11-16-24-25-17(30-16)12-3-5-13(6-4-12)20(21,22)23/h3-10H,11H2,1-2H3,(H,26,27). The normalized spacial score (nSPS) is 11.9. The van der Waals surface area contributed by atoms with Crippen LogP contribution in [0.5, 0.6) is 11.5 Å². The fourth-order valence-corrected chi connectivity index (χ4v) is 3.08. The lowest BCUT2D eigenvalue weighted by molar-refractivity contribution is -0.152. The molecule has 3 rings (SSSR count). The molecule has 0 aliphatic heterocycles. The molecule has 30 heavy (non-hydrogen) atoms. The van der Waals surface area contributed by atoms with Gasteiger partial charge in [-0.1, -0.05) is 23.5 Å². The third kappa shape index (κ3) is 5.26. The Labute approximate surface area is 173 Å². The third-order valence-electron chi connectivity index (χ3n) is 4.00. The zero-order valence-corrected chi connectivity index (χ0v) is 16.8. The van der Waals surface area contributed by atoms with Gasteiger partial charge in [-0.25, -0.2) is 4.79 Å². The number of aliphatic carboxylic acids is 1. The monoisotopic (exact) mass is 438 g/mol. The molecule has 10 heteroatoms. The number of hydrogen-bond acceptors (Lipinski definition) is 6. The van der Waals surface area contributed by atoms with Gasteiger partial charge in [0.25, 0.3) is 0 Å². The quantitative estimate of drug-likeness (QED) is 0.556. The molecule has 1 N–H and O–H groups in total. The summed E-state index contributed by atoms with van der Waals surface area (Å²) in [4.78, 5) is 11.1. The zero-order chi connectivity index (χ0) is 21.9. The van der Waals surface area contributed by atoms with E-state index in [0.29, 0.717) is 27.1 Å². The predicted molar refractivity (Wildman–Crippen MR) is 103 cm³/mol. The van der Waals surface area contributed by atoms with Crippen LogP contribution in [-0.4, -0.2) is 26.9 Å². The van der Waals surface area contributed by atoms with Crippen molar-refractivity contribution in [1.29, 1.82) is 0 Å². The Morgan fingerprint density at radius 2 is 1.60 bits per heavy atom. The van der Waals surface area contributed by atoms with Crippen LogP contribution in [0.25, 0.3) is 10.6 Å². The number of halogens is 3. The molecular weight excluding hydrogens is 421 g/mol. The molecule has 0 unspecified atom stereocenters. The summed E-state index contributed by atoms with van der Waals surface area (Å²) in [5.74, 6) is -0.181. The number of carbonyl (C=O) groups is 1. The first-order chi connectivity index (χ1) is 14.0. The SMILES string of the molecule is CC(C)(Oc1ccc(OCc2nnc(-c3ccc(C(F)(F)F)cc3)s2)cc1)C(=O)O. The molecule has 2 aromatic carbocycles. The van der Waals surface area contributed by atoms with Crippen LogP contribution in [0.15, 0.2) is 48.5 Å². The number of alkyl halides is 3. The van der Waals surface area contributed by atoms with Gasteiger partial charge in [0, 0.05) is 5.56 Å². The van der Waals surface area contributed by atoms with Gasteiger partial charge in [0.05, 0.1) is 5.56 Å². The lowest BCUT2D eigenvalue weighted by Gasteiger charge is -2.21. The van der Waals surface area contributed by atoms with Gasteiger partial charge in [-0.15, -0.1) is 10.2 Å². The van der Waals surface area contributed by atoms with Gasteiger partial charge in [-0.05, 0) is 50.2 Å². The van der Waals surface area contributed by atoms with Crippen LogP contribution in [0, 0.1) is 0 Å². The number of carboxylic acids is 1. The van der Waals surface area contributed by atoms with Gasteiger partial charge in [0.2, 0.25) is 0 Å². The van der Waals surface area contributed by atoms with Crippen molar-refractivity contribution in [2.75, 3.05) is 0 Å². The molecule has 0 spiro atoms. The Morgan fingerprint density at radius 1 is 1.00 bits per heavy atom. The molecule has 0 aliphatic rings. The van der Waals surface area contributed by atoms with Gasteiger partial charge in [-0.2, -0.15) is 13.2 Å². The second-order valence-electron chi connectivity index (χ2n) is 6.75. The Hall–Kier alpha value is -3.14. The van der Waals surface area contributed by atoms with Crippen molar-refractivity contribution < 1.29 is 32.5 Å². The summed E-state index contributed by atoms with van der Waals surface area (Å²) in [6.45, 7) is 3.02. The summed E-state index contributed by atoms with van der Waals surface area (Å²) in [5, 5.41) is 18.1. The van der Waals surface area contributed by atoms with Crippen LogP contribution < -0.4 is 9.47 Å². The molecular formula is C20H17F3N2O4S. The Kier molecular flexibility index (Phi) is 5.97. The summed E-state index contributed by atoms with van der Waals surface area (Å²) in [5.41, 5.74) is -1.54. The minimum atomic E-state index is -4.39. The van der Waals surface area contributed by atoms with E-state index in [9.17, 15) is 18.0 Å². The number of ether oxygens (including phenoxy) is 2. The maximum atomic E-state index is 12.7. The van der Waals surface area contributed by atoms with Gasteiger partial charge in [-0.3, -0.25) is 0 Å². The van der Waals surface area contributed by atoms with Gasteiger partial charge in [0.15, 0.2) is 10.6 Å². The van der Waals surface area contributed by atoms with E-state index in [1.54, 1.807) is 24.3 Å². The highest BCUT2D eigenvalue weighted by molar-refractivity contribution is 7.14. The van der Waals surface area contributed by atoms with E-state index in [4.69, 9.17) is 14.6 Å². The van der Waals surface area contributed by atoms with Crippen molar-refractivity contribution in [3.8, 4) is 22.1 Å². The highest BCUT2D eigenvalue weighted by Crippen LogP contribution is 2.32. The van der Waals surface area contributed by atoms with Crippen LogP contribution in [-0.2, 0) is 17.6 Å². The molecule has 0 amide bonds. The molecule has 0 radical (unpaired) electrons. The molecule has 3 aromatic rings. The van der Waals surface area contributed by atoms with Crippen molar-refractivity contribution >= 4 is 17.3 Å². The summed E-state index contributed by atoms with van der Waals surface area (Å²) in [6, 6.07) is 11.2. The van der Waals surface area contributed by atoms with Gasteiger partial charge in [0.1, 0.15) is 23.1 Å². The first-order valence-electron chi connectivity index (χ1n) is 8.70. The minimum absolute atomic E-state index is 0.124. The van der Waals surface area contributed by atoms with Crippen molar-refractivity contribution in [2.24, 2.45) is 0 Å². The van der Waals surface area contributed by atoms with Crippen molar-refractivity contribution in [1.82, 2.24) is 10.2 Å². The summed E-state index contributed by atoms with van der Waals surface area (Å²) < 4.78 is 49.0. The molecule has 1 heterocycles. The average Bonchev–Trinajstić information content (AvgIpc) is 3.15. The van der Waals surface area contributed by atoms with Crippen molar-refractivity contribution in [2.45, 2.75) is 32.2 Å². The maximum absolute atomic E-state index is 12.7. The maximum Gasteiger partial charge on any atom is 0.416 e. The largest absolute Gasteiger partial charge is 0.486 e. The number of carboxylic acid groups (broad SMARTS) is 1. The molecule has 0 saturated heterocycles. The lowest BCUT2D eigenvalue weighted by atomic mass is 10.1. The van der Waals surface area contributed by atoms with Crippen LogP contribution in [0.2, 0.25) is 0 Å².